The molecule has 50 heavy (non-hydrogen) atoms. The van der Waals surface area contributed by atoms with E-state index in [9.17, 15) is 19.5 Å². The molecule has 4 aromatic rings. The largest absolute Gasteiger partial charge is 0.477 e. The van der Waals surface area contributed by atoms with Gasteiger partial charge in [0.15, 0.2) is 10.8 Å². The van der Waals surface area contributed by atoms with Crippen LogP contribution in [-0.2, 0) is 24.8 Å². The molecule has 2 amide bonds. The van der Waals surface area contributed by atoms with Crippen molar-refractivity contribution < 1.29 is 24.3 Å². The SMILES string of the molecule is NCC(=CSC1=C(C(=O)O)N2C(=O)C(NC(=O)/C(=N\OC(c3ccccc3)(c3ccccc3)c3ccccc3)c3csc(N)n3)[C@H]2SC1)CN. The van der Waals surface area contributed by atoms with Crippen molar-refractivity contribution in [2.45, 2.75) is 17.0 Å². The smallest absolute Gasteiger partial charge is 0.353 e. The van der Waals surface area contributed by atoms with Crippen LogP contribution < -0.4 is 22.5 Å². The quantitative estimate of drug-likeness (QED) is 0.0583. The van der Waals surface area contributed by atoms with Crippen LogP contribution in [-0.4, -0.2) is 68.7 Å². The Hall–Kier alpha value is -4.93. The number of amides is 2. The van der Waals surface area contributed by atoms with Crippen molar-refractivity contribution in [3.63, 3.8) is 0 Å². The first-order chi connectivity index (χ1) is 24.3. The van der Waals surface area contributed by atoms with Crippen molar-refractivity contribution in [1.82, 2.24) is 15.2 Å². The maximum Gasteiger partial charge on any atom is 0.353 e. The number of nitrogens with two attached hydrogens (primary N) is 3. The number of thiazole rings is 1. The molecule has 2 atom stereocenters. The third-order valence-electron chi connectivity index (χ3n) is 8.11. The predicted octanol–water partition coefficient (Wildman–Crippen LogP) is 3.67. The molecular weight excluding hydrogens is 695 g/mol. The number of nitrogens with zero attached hydrogens (tertiary/aromatic N) is 3. The first-order valence-corrected chi connectivity index (χ1v) is 18.2. The van der Waals surface area contributed by atoms with Crippen LogP contribution in [0.5, 0.6) is 0 Å². The molecule has 15 heteroatoms. The molecule has 3 heterocycles. The molecule has 0 radical (unpaired) electrons. The second kappa shape index (κ2) is 15.3. The Balaban J connectivity index is 1.35. The zero-order valence-corrected chi connectivity index (χ0v) is 28.9. The maximum absolute atomic E-state index is 14.1. The minimum atomic E-state index is -1.30. The molecular formula is C35H33N7O5S3. The van der Waals surface area contributed by atoms with Crippen LogP contribution in [0.15, 0.2) is 123 Å². The molecule has 2 aliphatic heterocycles. The van der Waals surface area contributed by atoms with Gasteiger partial charge < -0.3 is 32.5 Å². The van der Waals surface area contributed by atoms with Crippen molar-refractivity contribution >= 4 is 63.5 Å². The second-order valence-corrected chi connectivity index (χ2v) is 14.1. The van der Waals surface area contributed by atoms with Crippen molar-refractivity contribution in [3.8, 4) is 0 Å². The van der Waals surface area contributed by atoms with E-state index >= 15 is 0 Å². The Morgan fingerprint density at radius 2 is 1.56 bits per heavy atom. The van der Waals surface area contributed by atoms with Crippen LogP contribution >= 0.6 is 34.9 Å². The maximum atomic E-state index is 14.1. The minimum Gasteiger partial charge on any atom is -0.477 e. The fourth-order valence-electron chi connectivity index (χ4n) is 5.62. The zero-order chi connectivity index (χ0) is 35.3. The molecule has 0 spiro atoms. The van der Waals surface area contributed by atoms with Gasteiger partial charge in [-0.2, -0.15) is 0 Å². The van der Waals surface area contributed by atoms with E-state index in [1.165, 1.54) is 28.4 Å². The lowest BCUT2D eigenvalue weighted by atomic mass is 9.80. The Morgan fingerprint density at radius 3 is 2.04 bits per heavy atom. The monoisotopic (exact) mass is 727 g/mol. The number of carbonyl (C=O) groups is 3. The highest BCUT2D eigenvalue weighted by Gasteiger charge is 2.54. The van der Waals surface area contributed by atoms with Gasteiger partial charge in [0.2, 0.25) is 5.60 Å². The summed E-state index contributed by atoms with van der Waals surface area (Å²) in [4.78, 5) is 52.5. The van der Waals surface area contributed by atoms with Crippen LogP contribution in [0.4, 0.5) is 5.13 Å². The van der Waals surface area contributed by atoms with E-state index in [0.717, 1.165) is 33.6 Å². The van der Waals surface area contributed by atoms with E-state index in [0.29, 0.717) is 10.7 Å². The lowest BCUT2D eigenvalue weighted by molar-refractivity contribution is -0.150. The fraction of sp³-hybridized carbons (Fsp3) is 0.171. The van der Waals surface area contributed by atoms with Gasteiger partial charge in [-0.25, -0.2) is 9.78 Å². The molecule has 2 aliphatic rings. The number of anilines is 1. The lowest BCUT2D eigenvalue weighted by Gasteiger charge is -2.49. The van der Waals surface area contributed by atoms with E-state index < -0.39 is 34.8 Å². The number of carbonyl (C=O) groups excluding carboxylic acids is 2. The topological polar surface area (TPSA) is 199 Å². The van der Waals surface area contributed by atoms with Crippen molar-refractivity contribution in [2.75, 3.05) is 24.6 Å². The van der Waals surface area contributed by atoms with Crippen molar-refractivity contribution in [1.29, 1.82) is 0 Å². The molecule has 0 saturated carbocycles. The predicted molar refractivity (Wildman–Crippen MR) is 197 cm³/mol. The van der Waals surface area contributed by atoms with Crippen molar-refractivity contribution in [3.05, 3.63) is 140 Å². The minimum absolute atomic E-state index is 0.137. The number of carboxylic acid groups (broad SMARTS) is 1. The molecule has 1 unspecified atom stereocenters. The summed E-state index contributed by atoms with van der Waals surface area (Å²) in [7, 11) is 0. The summed E-state index contributed by atoms with van der Waals surface area (Å²) in [6, 6.07) is 27.5. The molecule has 1 saturated heterocycles. The number of hydrogen-bond donors (Lipinski definition) is 5. The number of thioether (sulfide) groups is 2. The molecule has 6 rings (SSSR count). The summed E-state index contributed by atoms with van der Waals surface area (Å²) >= 11 is 3.63. The van der Waals surface area contributed by atoms with Crippen LogP contribution in [0.1, 0.15) is 22.4 Å². The number of nitrogens with one attached hydrogen (secondary N) is 1. The van der Waals surface area contributed by atoms with Crippen LogP contribution in [0, 0.1) is 0 Å². The number of benzene rings is 3. The van der Waals surface area contributed by atoms with Crippen LogP contribution in [0.2, 0.25) is 0 Å². The molecule has 0 bridgehead atoms. The van der Waals surface area contributed by atoms with E-state index in [4.69, 9.17) is 22.0 Å². The molecule has 0 aliphatic carbocycles. The van der Waals surface area contributed by atoms with Gasteiger partial charge in [-0.3, -0.25) is 14.5 Å². The number of rotatable bonds is 13. The molecule has 3 aromatic carbocycles. The third kappa shape index (κ3) is 6.78. The van der Waals surface area contributed by atoms with Gasteiger partial charge in [-0.05, 0) is 11.0 Å². The van der Waals surface area contributed by atoms with Gasteiger partial charge in [0.25, 0.3) is 11.8 Å². The summed E-state index contributed by atoms with van der Waals surface area (Å²) in [5, 5.41) is 20.2. The van der Waals surface area contributed by atoms with E-state index in [1.807, 2.05) is 91.0 Å². The van der Waals surface area contributed by atoms with Gasteiger partial charge in [0.05, 0.1) is 0 Å². The number of aromatic nitrogens is 1. The summed E-state index contributed by atoms with van der Waals surface area (Å²) in [6.07, 6.45) is 0. The molecule has 256 valence electrons. The van der Waals surface area contributed by atoms with Gasteiger partial charge in [0.1, 0.15) is 22.8 Å². The Bertz CT molecular complexity index is 1870. The van der Waals surface area contributed by atoms with E-state index in [1.54, 1.807) is 10.8 Å². The number of fused-ring (bicyclic) bond motifs is 1. The highest BCUT2D eigenvalue weighted by atomic mass is 32.2. The highest BCUT2D eigenvalue weighted by molar-refractivity contribution is 8.08. The van der Waals surface area contributed by atoms with Crippen molar-refractivity contribution in [2.24, 2.45) is 16.6 Å². The zero-order valence-electron chi connectivity index (χ0n) is 26.5. The summed E-state index contributed by atoms with van der Waals surface area (Å²) in [6.45, 7) is 0.459. The summed E-state index contributed by atoms with van der Waals surface area (Å²) in [5.41, 5.74) is 18.9. The number of β-lactam (4-membered cyclic amide) rings is 1. The lowest BCUT2D eigenvalue weighted by Crippen LogP contribution is -2.71. The van der Waals surface area contributed by atoms with Gasteiger partial charge in [-0.15, -0.1) is 23.1 Å². The van der Waals surface area contributed by atoms with Gasteiger partial charge in [0, 0.05) is 45.8 Å². The average Bonchev–Trinajstić information content (AvgIpc) is 3.58. The Kier molecular flexibility index (Phi) is 10.7. The molecule has 12 nitrogen and oxygen atoms in total. The number of carboxylic acids is 1. The normalized spacial score (nSPS) is 17.4. The second-order valence-electron chi connectivity index (χ2n) is 11.1. The van der Waals surface area contributed by atoms with Gasteiger partial charge >= 0.3 is 5.97 Å². The first kappa shape index (κ1) is 34.9. The summed E-state index contributed by atoms with van der Waals surface area (Å²) in [5.74, 6) is -2.26. The summed E-state index contributed by atoms with van der Waals surface area (Å²) < 4.78 is 0. The molecule has 1 fully saturated rings. The molecule has 8 N–H and O–H groups in total. The van der Waals surface area contributed by atoms with Crippen LogP contribution in [0.25, 0.3) is 0 Å². The van der Waals surface area contributed by atoms with Crippen LogP contribution in [0.3, 0.4) is 0 Å². The fourth-order valence-corrected chi connectivity index (χ4v) is 8.63. The number of hydrogen-bond acceptors (Lipinski definition) is 12. The van der Waals surface area contributed by atoms with E-state index in [-0.39, 0.29) is 35.3 Å². The Morgan fingerprint density at radius 1 is 1.00 bits per heavy atom. The third-order valence-corrected chi connectivity index (χ3v) is 11.3. The van der Waals surface area contributed by atoms with E-state index in [2.05, 4.69) is 15.5 Å². The van der Waals surface area contributed by atoms with Gasteiger partial charge in [-0.1, -0.05) is 108 Å². The average molecular weight is 728 g/mol. The standard InChI is InChI=1S/C35H33N7O5S3/c36-16-21(17-37)18-48-26-20-49-32-28(31(44)42(32)29(26)33(45)46)40-30(43)27(25-19-50-34(38)39-25)41-47-35(22-10-4-1-5-11-22,23-12-6-2-7-13-23)24-14-8-3-9-15-24/h1-15,18-19,28,32H,16-17,20,36-37H2,(H2,38,39)(H,40,43)(H,45,46)/b41-27-/t28?,32-/m1/s1. The first-order valence-electron chi connectivity index (χ1n) is 15.4. The highest BCUT2D eigenvalue weighted by Crippen LogP contribution is 2.44. The molecule has 1 aromatic heterocycles. The Labute approximate surface area is 300 Å². The number of aliphatic carboxylic acids is 1. The number of oxime groups is 1. The number of nitrogen functional groups attached to an aromatic ring is 1.